The first-order chi connectivity index (χ1) is 8.14. The maximum atomic E-state index is 12.5. The molecule has 0 bridgehead atoms. The van der Waals surface area contributed by atoms with Gasteiger partial charge in [-0.3, -0.25) is 4.79 Å². The summed E-state index contributed by atoms with van der Waals surface area (Å²) in [6.07, 6.45) is 0. The quantitative estimate of drug-likeness (QED) is 0.911. The van der Waals surface area contributed by atoms with E-state index in [0.717, 1.165) is 5.56 Å². The zero-order valence-corrected chi connectivity index (χ0v) is 11.8. The molecule has 5 heteroatoms. The summed E-state index contributed by atoms with van der Waals surface area (Å²) in [4.78, 5) is 11.4. The minimum atomic E-state index is -3.92. The largest absolute Gasteiger partial charge is 0.480 e. The van der Waals surface area contributed by atoms with E-state index in [4.69, 9.17) is 0 Å². The van der Waals surface area contributed by atoms with Gasteiger partial charge in [-0.2, -0.15) is 0 Å². The molecule has 0 unspecified atom stereocenters. The fraction of sp³-hybridized carbons (Fsp3) is 0.462. The van der Waals surface area contributed by atoms with Crippen molar-refractivity contribution in [1.29, 1.82) is 0 Å². The summed E-state index contributed by atoms with van der Waals surface area (Å²) in [5.41, 5.74) is 0.926. The van der Waals surface area contributed by atoms with Crippen molar-refractivity contribution in [3.05, 3.63) is 29.8 Å². The Balaban J connectivity index is 3.45. The van der Waals surface area contributed by atoms with Crippen LogP contribution in [0.25, 0.3) is 0 Å². The lowest BCUT2D eigenvalue weighted by Gasteiger charge is -2.28. The average molecular weight is 270 g/mol. The molecule has 0 aliphatic rings. The molecular formula is C13H18O4S. The highest BCUT2D eigenvalue weighted by molar-refractivity contribution is 7.93. The fourth-order valence-electron chi connectivity index (χ4n) is 1.63. The molecule has 0 amide bonds. The van der Waals surface area contributed by atoms with Crippen LogP contribution in [0.15, 0.2) is 29.2 Å². The molecule has 1 aromatic carbocycles. The first-order valence-corrected chi connectivity index (χ1v) is 7.17. The number of rotatable bonds is 4. The Kier molecular flexibility index (Phi) is 3.86. The second-order valence-corrected chi connectivity index (χ2v) is 7.21. The van der Waals surface area contributed by atoms with Crippen LogP contribution in [0.3, 0.4) is 0 Å². The van der Waals surface area contributed by atoms with Gasteiger partial charge in [-0.25, -0.2) is 8.42 Å². The van der Waals surface area contributed by atoms with E-state index in [1.165, 1.54) is 19.1 Å². The normalized spacial score (nSPS) is 15.4. The molecule has 100 valence electrons. The van der Waals surface area contributed by atoms with Gasteiger partial charge >= 0.3 is 5.97 Å². The van der Waals surface area contributed by atoms with Crippen LogP contribution in [0.4, 0.5) is 0 Å². The Morgan fingerprint density at radius 3 is 2.00 bits per heavy atom. The summed E-state index contributed by atoms with van der Waals surface area (Å²) in [6.45, 7) is 6.30. The van der Waals surface area contributed by atoms with Gasteiger partial charge < -0.3 is 5.11 Å². The third-order valence-corrected chi connectivity index (χ3v) is 6.07. The monoisotopic (exact) mass is 270 g/mol. The minimum Gasteiger partial charge on any atom is -0.480 e. The number of aliphatic carboxylic acids is 1. The third-order valence-electron chi connectivity index (χ3n) is 3.42. The Labute approximate surface area is 108 Å². The van der Waals surface area contributed by atoms with Gasteiger partial charge in [0.25, 0.3) is 0 Å². The van der Waals surface area contributed by atoms with Crippen LogP contribution in [0, 0.1) is 12.8 Å². The number of carboxylic acid groups (broad SMARTS) is 1. The van der Waals surface area contributed by atoms with Gasteiger partial charge in [0.2, 0.25) is 0 Å². The van der Waals surface area contributed by atoms with E-state index >= 15 is 0 Å². The summed E-state index contributed by atoms with van der Waals surface area (Å²) >= 11 is 0. The van der Waals surface area contributed by atoms with E-state index in [9.17, 15) is 18.3 Å². The number of carbonyl (C=O) groups is 1. The molecular weight excluding hydrogens is 252 g/mol. The van der Waals surface area contributed by atoms with Crippen molar-refractivity contribution >= 4 is 15.8 Å². The van der Waals surface area contributed by atoms with E-state index in [0.29, 0.717) is 0 Å². The van der Waals surface area contributed by atoms with Gasteiger partial charge in [0.05, 0.1) is 4.90 Å². The van der Waals surface area contributed by atoms with E-state index in [2.05, 4.69) is 0 Å². The lowest BCUT2D eigenvalue weighted by Crippen LogP contribution is -2.48. The van der Waals surface area contributed by atoms with Crippen molar-refractivity contribution in [3.8, 4) is 0 Å². The molecule has 1 atom stereocenters. The van der Waals surface area contributed by atoms with Gasteiger partial charge in [-0.15, -0.1) is 0 Å². The van der Waals surface area contributed by atoms with Gasteiger partial charge in [0, 0.05) is 0 Å². The Morgan fingerprint density at radius 2 is 1.67 bits per heavy atom. The van der Waals surface area contributed by atoms with E-state index < -0.39 is 26.5 Å². The van der Waals surface area contributed by atoms with Gasteiger partial charge in [0.15, 0.2) is 14.6 Å². The minimum absolute atomic E-state index is 0.0479. The summed E-state index contributed by atoms with van der Waals surface area (Å²) in [6, 6.07) is 6.23. The lowest BCUT2D eigenvalue weighted by molar-refractivity contribution is -0.140. The molecule has 18 heavy (non-hydrogen) atoms. The SMILES string of the molecule is Cc1ccc(S(=O)(=O)[C@@](C)(C(=O)O)C(C)C)cc1. The number of benzene rings is 1. The third kappa shape index (κ3) is 2.14. The standard InChI is InChI=1S/C13H18O4S/c1-9(2)13(4,12(14)15)18(16,17)11-7-5-10(3)6-8-11/h5-9H,1-4H3,(H,14,15)/t13-/m1/s1. The first-order valence-electron chi connectivity index (χ1n) is 5.68. The molecule has 0 aliphatic heterocycles. The molecule has 0 aliphatic carbocycles. The number of hydrogen-bond acceptors (Lipinski definition) is 3. The number of hydrogen-bond donors (Lipinski definition) is 1. The van der Waals surface area contributed by atoms with Gasteiger partial charge in [0.1, 0.15) is 0 Å². The molecule has 0 aromatic heterocycles. The zero-order valence-electron chi connectivity index (χ0n) is 11.0. The fourth-order valence-corrected chi connectivity index (χ4v) is 3.47. The Hall–Kier alpha value is -1.36. The second-order valence-electron chi connectivity index (χ2n) is 4.88. The number of carboxylic acids is 1. The highest BCUT2D eigenvalue weighted by Crippen LogP contribution is 2.32. The van der Waals surface area contributed by atoms with Gasteiger partial charge in [-0.05, 0) is 31.9 Å². The molecule has 0 radical (unpaired) electrons. The van der Waals surface area contributed by atoms with Crippen molar-refractivity contribution in [3.63, 3.8) is 0 Å². The van der Waals surface area contributed by atoms with Crippen molar-refractivity contribution in [2.75, 3.05) is 0 Å². The van der Waals surface area contributed by atoms with Crippen LogP contribution in [0.5, 0.6) is 0 Å². The van der Waals surface area contributed by atoms with Crippen LogP contribution in [0.2, 0.25) is 0 Å². The highest BCUT2D eigenvalue weighted by atomic mass is 32.2. The summed E-state index contributed by atoms with van der Waals surface area (Å²) in [5, 5.41) is 9.28. The van der Waals surface area contributed by atoms with Crippen molar-refractivity contribution < 1.29 is 18.3 Å². The van der Waals surface area contributed by atoms with Crippen LogP contribution in [-0.2, 0) is 14.6 Å². The number of aryl methyl sites for hydroxylation is 1. The van der Waals surface area contributed by atoms with Crippen LogP contribution in [-0.4, -0.2) is 24.2 Å². The average Bonchev–Trinajstić information content (AvgIpc) is 2.27. The molecule has 0 saturated heterocycles. The molecule has 0 fully saturated rings. The zero-order chi connectivity index (χ0) is 14.1. The molecule has 1 N–H and O–H groups in total. The summed E-state index contributed by atoms with van der Waals surface area (Å²) in [7, 11) is -3.92. The Bertz CT molecular complexity index is 543. The first kappa shape index (κ1) is 14.7. The molecule has 4 nitrogen and oxygen atoms in total. The predicted molar refractivity (Wildman–Crippen MR) is 69.2 cm³/mol. The summed E-state index contributed by atoms with van der Waals surface area (Å²) < 4.78 is 23.1. The molecule has 1 rings (SSSR count). The Morgan fingerprint density at radius 1 is 1.22 bits per heavy atom. The van der Waals surface area contributed by atoms with Crippen LogP contribution < -0.4 is 0 Å². The van der Waals surface area contributed by atoms with Crippen molar-refractivity contribution in [2.45, 2.75) is 37.3 Å². The maximum Gasteiger partial charge on any atom is 0.325 e. The predicted octanol–water partition coefficient (Wildman–Crippen LogP) is 2.27. The van der Waals surface area contributed by atoms with Crippen molar-refractivity contribution in [1.82, 2.24) is 0 Å². The molecule has 0 spiro atoms. The smallest absolute Gasteiger partial charge is 0.325 e. The molecule has 1 aromatic rings. The topological polar surface area (TPSA) is 71.4 Å². The second kappa shape index (κ2) is 4.72. The number of sulfone groups is 1. The summed E-state index contributed by atoms with van der Waals surface area (Å²) in [5.74, 6) is -1.85. The van der Waals surface area contributed by atoms with E-state index in [1.807, 2.05) is 6.92 Å². The maximum absolute atomic E-state index is 12.5. The highest BCUT2D eigenvalue weighted by Gasteiger charge is 2.49. The van der Waals surface area contributed by atoms with E-state index in [-0.39, 0.29) is 4.90 Å². The van der Waals surface area contributed by atoms with Crippen LogP contribution >= 0.6 is 0 Å². The van der Waals surface area contributed by atoms with Crippen molar-refractivity contribution in [2.24, 2.45) is 5.92 Å². The van der Waals surface area contributed by atoms with Crippen LogP contribution in [0.1, 0.15) is 26.3 Å². The van der Waals surface area contributed by atoms with E-state index in [1.54, 1.807) is 26.0 Å². The molecule has 0 heterocycles. The molecule has 0 saturated carbocycles. The lowest BCUT2D eigenvalue weighted by atomic mass is 9.97. The van der Waals surface area contributed by atoms with Gasteiger partial charge in [-0.1, -0.05) is 31.5 Å².